The number of hydrogen-bond donors (Lipinski definition) is 2. The lowest BCUT2D eigenvalue weighted by Gasteiger charge is -2.29. The van der Waals surface area contributed by atoms with E-state index in [9.17, 15) is 9.90 Å². The van der Waals surface area contributed by atoms with Crippen LogP contribution < -0.4 is 10.7 Å². The van der Waals surface area contributed by atoms with Gasteiger partial charge >= 0.3 is 5.76 Å². The van der Waals surface area contributed by atoms with E-state index < -0.39 is 5.76 Å². The molecule has 0 amide bonds. The first kappa shape index (κ1) is 24.1. The van der Waals surface area contributed by atoms with Crippen molar-refractivity contribution in [2.45, 2.75) is 58.0 Å². The third kappa shape index (κ3) is 4.87. The molecular weight excluding hydrogens is 494 g/mol. The molecule has 4 aromatic rings. The Hall–Kier alpha value is -3.24. The zero-order valence-electron chi connectivity index (χ0n) is 20.7. The fourth-order valence-corrected chi connectivity index (χ4v) is 5.62. The summed E-state index contributed by atoms with van der Waals surface area (Å²) in [6, 6.07) is 4.03. The molecule has 0 atom stereocenters. The predicted molar refractivity (Wildman–Crippen MR) is 140 cm³/mol. The van der Waals surface area contributed by atoms with Crippen molar-refractivity contribution in [2.75, 3.05) is 18.1 Å². The van der Waals surface area contributed by atoms with Gasteiger partial charge in [0, 0.05) is 37.1 Å². The average molecular weight is 524 g/mol. The first-order chi connectivity index (χ1) is 18.0. The molecule has 6 rings (SSSR count). The largest absolute Gasteiger partial charge is 0.439 e. The number of pyridine rings is 2. The summed E-state index contributed by atoms with van der Waals surface area (Å²) in [4.78, 5) is 30.8. The van der Waals surface area contributed by atoms with Gasteiger partial charge in [-0.25, -0.2) is 14.8 Å². The number of aromatic nitrogens is 6. The first-order valence-corrected chi connectivity index (χ1v) is 13.3. The maximum absolute atomic E-state index is 11.7. The summed E-state index contributed by atoms with van der Waals surface area (Å²) >= 11 is 6.34. The van der Waals surface area contributed by atoms with E-state index in [2.05, 4.69) is 31.5 Å². The quantitative estimate of drug-likeness (QED) is 0.350. The number of nitrogens with zero attached hydrogens (tertiary/aromatic N) is 6. The molecule has 0 aliphatic heterocycles. The fraction of sp³-hybridized carbons (Fsp3) is 0.500. The van der Waals surface area contributed by atoms with E-state index in [1.807, 2.05) is 12.1 Å². The third-order valence-corrected chi connectivity index (χ3v) is 7.73. The van der Waals surface area contributed by atoms with Crippen LogP contribution in [0.5, 0.6) is 0 Å². The molecule has 0 radical (unpaired) electrons. The normalized spacial score (nSPS) is 20.0. The minimum absolute atomic E-state index is 0.0510. The molecule has 4 aromatic heterocycles. The van der Waals surface area contributed by atoms with E-state index in [1.165, 1.54) is 25.7 Å². The number of nitrogens with one attached hydrogen (secondary N) is 1. The average Bonchev–Trinajstić information content (AvgIpc) is 3.54. The number of anilines is 1. The van der Waals surface area contributed by atoms with Gasteiger partial charge in [0.15, 0.2) is 0 Å². The summed E-state index contributed by atoms with van der Waals surface area (Å²) in [5, 5.41) is 14.2. The second kappa shape index (κ2) is 9.90. The second-order valence-electron chi connectivity index (χ2n) is 10.4. The van der Waals surface area contributed by atoms with Gasteiger partial charge in [-0.2, -0.15) is 0 Å². The number of hydrogen-bond acceptors (Lipinski definition) is 8. The minimum atomic E-state index is -0.650. The van der Waals surface area contributed by atoms with Crippen LogP contribution in [0.2, 0.25) is 5.02 Å². The topological polar surface area (TPSA) is 126 Å². The summed E-state index contributed by atoms with van der Waals surface area (Å²) in [5.41, 5.74) is 3.46. The predicted octanol–water partition coefficient (Wildman–Crippen LogP) is 4.28. The molecule has 0 aromatic carbocycles. The Morgan fingerprint density at radius 1 is 1.16 bits per heavy atom. The number of imidazole rings is 1. The van der Waals surface area contributed by atoms with Gasteiger partial charge in [-0.3, -0.25) is 14.5 Å². The molecule has 194 valence electrons. The number of aliphatic hydroxyl groups is 1. The van der Waals surface area contributed by atoms with Crippen LogP contribution in [0.1, 0.15) is 45.4 Å². The van der Waals surface area contributed by atoms with E-state index >= 15 is 0 Å². The van der Waals surface area contributed by atoms with Crippen LogP contribution in [-0.2, 0) is 6.54 Å². The second-order valence-corrected chi connectivity index (χ2v) is 10.8. The molecule has 2 aliphatic carbocycles. The van der Waals surface area contributed by atoms with E-state index in [-0.39, 0.29) is 12.4 Å². The van der Waals surface area contributed by atoms with Crippen LogP contribution in [0.15, 0.2) is 33.8 Å². The van der Waals surface area contributed by atoms with E-state index in [4.69, 9.17) is 26.1 Å². The maximum Gasteiger partial charge on any atom is 0.439 e. The fourth-order valence-electron chi connectivity index (χ4n) is 5.45. The number of aromatic amines is 1. The van der Waals surface area contributed by atoms with Gasteiger partial charge in [0.05, 0.1) is 28.4 Å². The summed E-state index contributed by atoms with van der Waals surface area (Å²) in [6.45, 7) is 3.71. The van der Waals surface area contributed by atoms with Gasteiger partial charge in [-0.05, 0) is 49.7 Å². The standard InChI is InChI=1S/C26H30ClN7O3/c1-15-2-4-16(5-3-15)14-34-23-20(30-25(34)33(8-9-35)19-6-7-19)11-21(24-31-26(36)37-32-24)29-22(23)17-10-18(27)13-28-12-17/h10-13,15-16,19,35H,2-9,14H2,1H3,(H,31,32,36)/t15-,16-. The highest BCUT2D eigenvalue weighted by atomic mass is 35.5. The smallest absolute Gasteiger partial charge is 0.395 e. The van der Waals surface area contributed by atoms with Crippen molar-refractivity contribution in [3.8, 4) is 22.8 Å². The highest BCUT2D eigenvalue weighted by molar-refractivity contribution is 6.30. The van der Waals surface area contributed by atoms with Crippen molar-refractivity contribution >= 4 is 28.6 Å². The number of aliphatic hydroxyl groups excluding tert-OH is 1. The maximum atomic E-state index is 11.7. The van der Waals surface area contributed by atoms with Crippen LogP contribution in [-0.4, -0.2) is 54.0 Å². The monoisotopic (exact) mass is 523 g/mol. The first-order valence-electron chi connectivity index (χ1n) is 13.0. The van der Waals surface area contributed by atoms with Crippen molar-refractivity contribution in [2.24, 2.45) is 11.8 Å². The zero-order chi connectivity index (χ0) is 25.5. The van der Waals surface area contributed by atoms with E-state index in [0.29, 0.717) is 34.9 Å². The van der Waals surface area contributed by atoms with Crippen molar-refractivity contribution in [3.05, 3.63) is 40.1 Å². The molecule has 10 nitrogen and oxygen atoms in total. The number of fused-ring (bicyclic) bond motifs is 1. The van der Waals surface area contributed by atoms with Crippen molar-refractivity contribution < 1.29 is 9.63 Å². The summed E-state index contributed by atoms with van der Waals surface area (Å²) in [5.74, 6) is 1.71. The molecule has 2 saturated carbocycles. The molecule has 0 spiro atoms. The molecule has 4 heterocycles. The number of halogens is 1. The van der Waals surface area contributed by atoms with Gasteiger partial charge in [0.25, 0.3) is 0 Å². The van der Waals surface area contributed by atoms with Crippen molar-refractivity contribution in [1.29, 1.82) is 0 Å². The Morgan fingerprint density at radius 3 is 2.65 bits per heavy atom. The Balaban J connectivity index is 1.58. The highest BCUT2D eigenvalue weighted by Gasteiger charge is 2.34. The van der Waals surface area contributed by atoms with Crippen LogP contribution in [0.3, 0.4) is 0 Å². The van der Waals surface area contributed by atoms with Gasteiger partial charge in [-0.1, -0.05) is 36.5 Å². The van der Waals surface area contributed by atoms with Crippen molar-refractivity contribution in [1.82, 2.24) is 29.7 Å². The van der Waals surface area contributed by atoms with Crippen LogP contribution in [0, 0.1) is 11.8 Å². The van der Waals surface area contributed by atoms with Gasteiger partial charge in [0.1, 0.15) is 5.69 Å². The van der Waals surface area contributed by atoms with Gasteiger partial charge < -0.3 is 14.6 Å². The van der Waals surface area contributed by atoms with Crippen molar-refractivity contribution in [3.63, 3.8) is 0 Å². The molecule has 11 heteroatoms. The van der Waals surface area contributed by atoms with Gasteiger partial charge in [-0.15, -0.1) is 0 Å². The van der Waals surface area contributed by atoms with E-state index in [1.54, 1.807) is 12.4 Å². The Labute approximate surface area is 218 Å². The molecule has 0 unspecified atom stereocenters. The lowest BCUT2D eigenvalue weighted by atomic mass is 9.83. The molecule has 0 bridgehead atoms. The number of rotatable bonds is 8. The SMILES string of the molecule is C[C@H]1CC[C@H](Cn2c(N(CCO)C3CC3)nc3cc(-c4noc(=O)[nH]4)nc(-c4cncc(Cl)c4)c32)CC1. The lowest BCUT2D eigenvalue weighted by Crippen LogP contribution is -2.32. The van der Waals surface area contributed by atoms with Crippen LogP contribution in [0.4, 0.5) is 5.95 Å². The summed E-state index contributed by atoms with van der Waals surface area (Å²) in [6.07, 6.45) is 10.3. The zero-order valence-corrected chi connectivity index (χ0v) is 21.5. The lowest BCUT2D eigenvalue weighted by molar-refractivity contribution is 0.266. The minimum Gasteiger partial charge on any atom is -0.395 e. The van der Waals surface area contributed by atoms with E-state index in [0.717, 1.165) is 47.8 Å². The summed E-state index contributed by atoms with van der Waals surface area (Å²) in [7, 11) is 0. The Morgan fingerprint density at radius 2 is 1.97 bits per heavy atom. The third-order valence-electron chi connectivity index (χ3n) is 7.53. The molecule has 2 fully saturated rings. The number of H-pyrrole nitrogens is 1. The van der Waals surface area contributed by atoms with Crippen LogP contribution in [0.25, 0.3) is 33.8 Å². The molecular formula is C26H30ClN7O3. The Kier molecular flexibility index (Phi) is 6.46. The molecule has 0 saturated heterocycles. The molecule has 37 heavy (non-hydrogen) atoms. The molecule has 2 N–H and O–H groups in total. The molecule has 2 aliphatic rings. The highest BCUT2D eigenvalue weighted by Crippen LogP contribution is 2.39. The van der Waals surface area contributed by atoms with Gasteiger partial charge in [0.2, 0.25) is 11.8 Å². The van der Waals surface area contributed by atoms with Crippen LogP contribution >= 0.6 is 11.6 Å². The summed E-state index contributed by atoms with van der Waals surface area (Å²) < 4.78 is 7.03. The Bertz CT molecular complexity index is 1470.